The second-order valence-electron chi connectivity index (χ2n) is 8.39. The molecule has 0 spiro atoms. The van der Waals surface area contributed by atoms with Crippen LogP contribution in [0.4, 0.5) is 0 Å². The molecule has 0 atom stereocenters. The molecule has 152 valence electrons. The van der Waals surface area contributed by atoms with Crippen molar-refractivity contribution in [1.82, 2.24) is 24.9 Å². The summed E-state index contributed by atoms with van der Waals surface area (Å²) in [6.45, 7) is 5.18. The molecule has 0 N–H and O–H groups in total. The number of piperidine rings is 1. The van der Waals surface area contributed by atoms with Gasteiger partial charge >= 0.3 is 0 Å². The van der Waals surface area contributed by atoms with Crippen LogP contribution in [0.2, 0.25) is 0 Å². The fraction of sp³-hybridized carbons (Fsp3) is 0.478. The Balaban J connectivity index is 1.46. The number of fused-ring (bicyclic) bond motifs is 1. The van der Waals surface area contributed by atoms with Gasteiger partial charge in [0.05, 0.1) is 23.8 Å². The number of Topliss-reactive ketones (excluding diaryl/α,β-unsaturated/α-hetero) is 1. The van der Waals surface area contributed by atoms with Crippen molar-refractivity contribution in [2.75, 3.05) is 19.6 Å². The van der Waals surface area contributed by atoms with Crippen molar-refractivity contribution in [1.29, 1.82) is 0 Å². The lowest BCUT2D eigenvalue weighted by Crippen LogP contribution is -2.38. The molecule has 0 bridgehead atoms. The number of aryl methyl sites for hydroxylation is 1. The Morgan fingerprint density at radius 3 is 2.76 bits per heavy atom. The number of aromatic nitrogens is 4. The third-order valence-electron chi connectivity index (χ3n) is 5.57. The Morgan fingerprint density at radius 2 is 2.03 bits per heavy atom. The molecular formula is C23H29N5O. The molecule has 1 aliphatic heterocycles. The van der Waals surface area contributed by atoms with Gasteiger partial charge in [0.15, 0.2) is 0 Å². The molecule has 1 aliphatic rings. The summed E-state index contributed by atoms with van der Waals surface area (Å²) in [4.78, 5) is 15.3. The summed E-state index contributed by atoms with van der Waals surface area (Å²) in [5, 5.41) is 13.4. The van der Waals surface area contributed by atoms with Gasteiger partial charge < -0.3 is 4.90 Å². The average Bonchev–Trinajstić information content (AvgIpc) is 3.24. The van der Waals surface area contributed by atoms with Crippen molar-refractivity contribution in [2.24, 2.45) is 18.8 Å². The van der Waals surface area contributed by atoms with Crippen molar-refractivity contribution >= 4 is 16.7 Å². The number of carbonyl (C=O) groups is 1. The topological polar surface area (TPSA) is 63.9 Å². The highest BCUT2D eigenvalue weighted by molar-refractivity contribution is 5.86. The minimum absolute atomic E-state index is 0.0907. The standard InChI is InChI=1S/C23H29N5O/c1-16(2)14-28-8-6-17(7-9-28)23(29)12-21-11-19-10-18(4-5-22(19)26-25-21)20-13-24-27(3)15-20/h4-5,10-11,13,15-17H,6-9,12,14H2,1-3H3/i3D3. The van der Waals surface area contributed by atoms with Crippen molar-refractivity contribution in [3.05, 3.63) is 42.4 Å². The first-order chi connectivity index (χ1) is 15.2. The number of carbonyl (C=O) groups excluding carboxylic acids is 1. The second-order valence-corrected chi connectivity index (χ2v) is 8.39. The monoisotopic (exact) mass is 394 g/mol. The molecule has 0 saturated carbocycles. The lowest BCUT2D eigenvalue weighted by molar-refractivity contribution is -0.123. The summed E-state index contributed by atoms with van der Waals surface area (Å²) in [5.74, 6) is 0.966. The summed E-state index contributed by atoms with van der Waals surface area (Å²) < 4.78 is 23.4. The first-order valence-electron chi connectivity index (χ1n) is 11.8. The van der Waals surface area contributed by atoms with Gasteiger partial charge in [0, 0.05) is 40.7 Å². The maximum atomic E-state index is 12.9. The van der Waals surface area contributed by atoms with Crippen molar-refractivity contribution in [3.63, 3.8) is 0 Å². The largest absolute Gasteiger partial charge is 0.303 e. The van der Waals surface area contributed by atoms with E-state index in [-0.39, 0.29) is 11.7 Å². The third kappa shape index (κ3) is 4.70. The zero-order valence-corrected chi connectivity index (χ0v) is 17.0. The van der Waals surface area contributed by atoms with Gasteiger partial charge in [-0.3, -0.25) is 9.48 Å². The van der Waals surface area contributed by atoms with Crippen LogP contribution in [0.3, 0.4) is 0 Å². The highest BCUT2D eigenvalue weighted by Gasteiger charge is 2.25. The molecule has 2 aromatic heterocycles. The lowest BCUT2D eigenvalue weighted by atomic mass is 9.90. The SMILES string of the molecule is [2H]C([2H])([2H])n1cc(-c2ccc3nnc(CC(=O)C4CCN(CC(C)C)CC4)cc3c2)cn1. The predicted octanol–water partition coefficient (Wildman–Crippen LogP) is 3.51. The minimum atomic E-state index is -2.31. The minimum Gasteiger partial charge on any atom is -0.303 e. The van der Waals surface area contributed by atoms with E-state index in [1.54, 1.807) is 0 Å². The molecule has 1 saturated heterocycles. The van der Waals surface area contributed by atoms with Gasteiger partial charge in [0.1, 0.15) is 5.78 Å². The van der Waals surface area contributed by atoms with Crippen LogP contribution in [-0.2, 0) is 18.2 Å². The summed E-state index contributed by atoms with van der Waals surface area (Å²) in [6, 6.07) is 7.56. The van der Waals surface area contributed by atoms with Crippen LogP contribution in [0.5, 0.6) is 0 Å². The first kappa shape index (κ1) is 16.2. The molecule has 1 fully saturated rings. The number of benzene rings is 1. The number of likely N-dealkylation sites (tertiary alicyclic amines) is 1. The smallest absolute Gasteiger partial charge is 0.142 e. The lowest BCUT2D eigenvalue weighted by Gasteiger charge is -2.32. The molecule has 0 amide bonds. The fourth-order valence-electron chi connectivity index (χ4n) is 4.10. The van der Waals surface area contributed by atoms with Gasteiger partial charge in [-0.05, 0) is 55.6 Å². The van der Waals surface area contributed by atoms with Gasteiger partial charge in [-0.15, -0.1) is 0 Å². The van der Waals surface area contributed by atoms with E-state index >= 15 is 0 Å². The van der Waals surface area contributed by atoms with E-state index in [9.17, 15) is 4.79 Å². The number of ketones is 1. The van der Waals surface area contributed by atoms with E-state index in [1.807, 2.05) is 24.3 Å². The molecule has 0 unspecified atom stereocenters. The summed E-state index contributed by atoms with van der Waals surface area (Å²) in [5.41, 5.74) is 2.96. The van der Waals surface area contributed by atoms with Crippen molar-refractivity contribution < 1.29 is 8.91 Å². The van der Waals surface area contributed by atoms with Crippen molar-refractivity contribution in [2.45, 2.75) is 33.1 Å². The molecule has 6 heteroatoms. The number of hydrogen-bond donors (Lipinski definition) is 0. The number of hydrogen-bond acceptors (Lipinski definition) is 5. The van der Waals surface area contributed by atoms with Crippen LogP contribution in [0.15, 0.2) is 36.7 Å². The first-order valence-corrected chi connectivity index (χ1v) is 10.3. The van der Waals surface area contributed by atoms with Gasteiger partial charge in [0.25, 0.3) is 0 Å². The average molecular weight is 395 g/mol. The van der Waals surface area contributed by atoms with Crippen LogP contribution in [0, 0.1) is 11.8 Å². The van der Waals surface area contributed by atoms with Crippen molar-refractivity contribution in [3.8, 4) is 11.1 Å². The zero-order valence-electron chi connectivity index (χ0n) is 20.0. The Kier molecular flexibility index (Phi) is 4.71. The van der Waals surface area contributed by atoms with Crippen LogP contribution < -0.4 is 0 Å². The van der Waals surface area contributed by atoms with Gasteiger partial charge in [-0.1, -0.05) is 19.9 Å². The molecule has 0 radical (unpaired) electrons. The molecule has 1 aromatic carbocycles. The number of nitrogens with zero attached hydrogens (tertiary/aromatic N) is 5. The van der Waals surface area contributed by atoms with E-state index in [0.717, 1.165) is 53.6 Å². The van der Waals surface area contributed by atoms with Crippen LogP contribution in [0.1, 0.15) is 36.5 Å². The fourth-order valence-corrected chi connectivity index (χ4v) is 4.10. The van der Waals surface area contributed by atoms with Gasteiger partial charge in [-0.2, -0.15) is 15.3 Å². The quantitative estimate of drug-likeness (QED) is 0.640. The van der Waals surface area contributed by atoms with E-state index in [0.29, 0.717) is 23.6 Å². The van der Waals surface area contributed by atoms with Crippen LogP contribution >= 0.6 is 0 Å². The van der Waals surface area contributed by atoms with Gasteiger partial charge in [-0.25, -0.2) is 0 Å². The molecule has 4 rings (SSSR count). The van der Waals surface area contributed by atoms with Gasteiger partial charge in [0.2, 0.25) is 0 Å². The maximum absolute atomic E-state index is 12.9. The Labute approximate surface area is 176 Å². The Bertz CT molecular complexity index is 1100. The molecule has 29 heavy (non-hydrogen) atoms. The number of rotatable bonds is 6. The van der Waals surface area contributed by atoms with E-state index < -0.39 is 6.98 Å². The van der Waals surface area contributed by atoms with E-state index in [1.165, 1.54) is 12.4 Å². The maximum Gasteiger partial charge on any atom is 0.142 e. The summed E-state index contributed by atoms with van der Waals surface area (Å²) >= 11 is 0. The van der Waals surface area contributed by atoms with E-state index in [2.05, 4.69) is 34.0 Å². The highest BCUT2D eigenvalue weighted by atomic mass is 16.1. The Morgan fingerprint density at radius 1 is 1.21 bits per heavy atom. The van der Waals surface area contributed by atoms with E-state index in [4.69, 9.17) is 4.11 Å². The summed E-state index contributed by atoms with van der Waals surface area (Å²) in [6.07, 6.45) is 5.16. The molecule has 3 aromatic rings. The summed E-state index contributed by atoms with van der Waals surface area (Å²) in [7, 11) is 0. The molecular weight excluding hydrogens is 362 g/mol. The third-order valence-corrected chi connectivity index (χ3v) is 5.57. The highest BCUT2D eigenvalue weighted by Crippen LogP contribution is 2.24. The zero-order chi connectivity index (χ0) is 22.9. The molecule has 3 heterocycles. The molecule has 0 aliphatic carbocycles. The molecule has 6 nitrogen and oxygen atoms in total. The normalized spacial score (nSPS) is 18.0. The second kappa shape index (κ2) is 8.41. The van der Waals surface area contributed by atoms with Crippen LogP contribution in [-0.4, -0.2) is 50.3 Å². The van der Waals surface area contributed by atoms with Crippen LogP contribution in [0.25, 0.3) is 22.0 Å². The predicted molar refractivity (Wildman–Crippen MR) is 114 cm³/mol. The Hall–Kier alpha value is -2.60.